The lowest BCUT2D eigenvalue weighted by molar-refractivity contribution is 0.393. The molecule has 1 unspecified atom stereocenters. The summed E-state index contributed by atoms with van der Waals surface area (Å²) in [6, 6.07) is 23.0. The van der Waals surface area contributed by atoms with Crippen LogP contribution < -0.4 is 0 Å². The minimum Gasteiger partial charge on any atom is -0.207 e. The van der Waals surface area contributed by atoms with Gasteiger partial charge in [0.15, 0.2) is 0 Å². The van der Waals surface area contributed by atoms with Crippen molar-refractivity contribution in [1.82, 2.24) is 0 Å². The molecule has 0 heterocycles. The van der Waals surface area contributed by atoms with E-state index in [1.807, 2.05) is 6.92 Å². The van der Waals surface area contributed by atoms with E-state index in [0.717, 1.165) is 44.1 Å². The maximum atomic E-state index is 14.4. The van der Waals surface area contributed by atoms with E-state index in [1.54, 1.807) is 12.1 Å². The van der Waals surface area contributed by atoms with Crippen molar-refractivity contribution in [3.8, 4) is 0 Å². The summed E-state index contributed by atoms with van der Waals surface area (Å²) in [5, 5.41) is 0. The monoisotopic (exact) mass is 432 g/mol. The van der Waals surface area contributed by atoms with Crippen LogP contribution in [0.2, 0.25) is 0 Å². The molecule has 1 aliphatic rings. The van der Waals surface area contributed by atoms with E-state index in [9.17, 15) is 8.78 Å². The fourth-order valence-electron chi connectivity index (χ4n) is 5.29. The summed E-state index contributed by atoms with van der Waals surface area (Å²) in [6.45, 7) is 4.23. The van der Waals surface area contributed by atoms with Crippen molar-refractivity contribution >= 4 is 0 Å². The standard InChI is InChI=1S/C30H34F2/c1-3-7-28-29(31)19-27(20-30(28)32)26-16-14-25(15-17-26)24-12-10-22(11-13-24)18-21(2)23-8-5-4-6-9-23/h4-6,8-13,19-21,25-26H,3,7,14-18H2,1-2H3. The van der Waals surface area contributed by atoms with Gasteiger partial charge in [-0.15, -0.1) is 0 Å². The first-order chi connectivity index (χ1) is 15.5. The van der Waals surface area contributed by atoms with Gasteiger partial charge >= 0.3 is 0 Å². The van der Waals surface area contributed by atoms with Crippen molar-refractivity contribution in [2.45, 2.75) is 76.5 Å². The molecule has 1 saturated carbocycles. The Labute approximate surface area is 191 Å². The molecule has 3 aromatic carbocycles. The fraction of sp³-hybridized carbons (Fsp3) is 0.400. The van der Waals surface area contributed by atoms with E-state index in [-0.39, 0.29) is 23.1 Å². The van der Waals surface area contributed by atoms with Gasteiger partial charge < -0.3 is 0 Å². The smallest absolute Gasteiger partial charge is 0.129 e. The van der Waals surface area contributed by atoms with Crippen molar-refractivity contribution in [1.29, 1.82) is 0 Å². The molecule has 0 bridgehead atoms. The number of hydrogen-bond acceptors (Lipinski definition) is 0. The predicted molar refractivity (Wildman–Crippen MR) is 129 cm³/mol. The summed E-state index contributed by atoms with van der Waals surface area (Å²) in [4.78, 5) is 0. The van der Waals surface area contributed by atoms with Gasteiger partial charge in [-0.3, -0.25) is 0 Å². The molecule has 4 rings (SSSR count). The molecule has 1 fully saturated rings. The van der Waals surface area contributed by atoms with Crippen LogP contribution >= 0.6 is 0 Å². The molecule has 0 aliphatic heterocycles. The molecule has 0 N–H and O–H groups in total. The molecule has 1 aliphatic carbocycles. The molecule has 0 spiro atoms. The van der Waals surface area contributed by atoms with E-state index >= 15 is 0 Å². The molecular formula is C30H34F2. The van der Waals surface area contributed by atoms with Gasteiger partial charge in [-0.1, -0.05) is 74.9 Å². The van der Waals surface area contributed by atoms with Gasteiger partial charge in [0.2, 0.25) is 0 Å². The Morgan fingerprint density at radius 2 is 1.34 bits per heavy atom. The lowest BCUT2D eigenvalue weighted by Crippen LogP contribution is -2.13. The van der Waals surface area contributed by atoms with Crippen LogP contribution in [0.1, 0.15) is 91.5 Å². The Bertz CT molecular complexity index is 976. The Kier molecular flexibility index (Phi) is 7.40. The summed E-state index contributed by atoms with van der Waals surface area (Å²) < 4.78 is 28.8. The fourth-order valence-corrected chi connectivity index (χ4v) is 5.29. The second-order valence-electron chi connectivity index (χ2n) is 9.52. The molecule has 0 amide bonds. The minimum atomic E-state index is -0.371. The van der Waals surface area contributed by atoms with Crippen LogP contribution in [0.15, 0.2) is 66.7 Å². The van der Waals surface area contributed by atoms with Crippen LogP contribution in [-0.2, 0) is 12.8 Å². The molecular weight excluding hydrogens is 398 g/mol. The van der Waals surface area contributed by atoms with Crippen molar-refractivity contribution in [2.24, 2.45) is 0 Å². The molecule has 32 heavy (non-hydrogen) atoms. The van der Waals surface area contributed by atoms with Gasteiger partial charge in [-0.25, -0.2) is 8.78 Å². The molecule has 0 saturated heterocycles. The van der Waals surface area contributed by atoms with Gasteiger partial charge in [0.05, 0.1) is 0 Å². The van der Waals surface area contributed by atoms with E-state index < -0.39 is 0 Å². The van der Waals surface area contributed by atoms with Gasteiger partial charge in [0.1, 0.15) is 11.6 Å². The first kappa shape index (κ1) is 22.7. The van der Waals surface area contributed by atoms with Gasteiger partial charge in [0.25, 0.3) is 0 Å². The second kappa shape index (κ2) is 10.4. The van der Waals surface area contributed by atoms with Crippen LogP contribution in [0.4, 0.5) is 8.78 Å². The SMILES string of the molecule is CCCc1c(F)cc(C2CCC(c3ccc(CC(C)c4ccccc4)cc3)CC2)cc1F. The molecule has 0 radical (unpaired) electrons. The third-order valence-electron chi connectivity index (χ3n) is 7.22. The highest BCUT2D eigenvalue weighted by molar-refractivity contribution is 5.31. The summed E-state index contributed by atoms with van der Waals surface area (Å²) >= 11 is 0. The predicted octanol–water partition coefficient (Wildman–Crippen LogP) is 8.70. The van der Waals surface area contributed by atoms with Crippen molar-refractivity contribution in [3.05, 3.63) is 106 Å². The Hall–Kier alpha value is -2.48. The van der Waals surface area contributed by atoms with E-state index in [4.69, 9.17) is 0 Å². The Morgan fingerprint density at radius 1 is 0.781 bits per heavy atom. The molecule has 0 nitrogen and oxygen atoms in total. The number of halogens is 2. The zero-order valence-corrected chi connectivity index (χ0v) is 19.3. The highest BCUT2D eigenvalue weighted by Gasteiger charge is 2.25. The minimum absolute atomic E-state index is 0.242. The summed E-state index contributed by atoms with van der Waals surface area (Å²) in [5.74, 6) is 0.563. The Morgan fingerprint density at radius 3 is 1.91 bits per heavy atom. The number of benzene rings is 3. The summed E-state index contributed by atoms with van der Waals surface area (Å²) in [5.41, 5.74) is 5.23. The Balaban J connectivity index is 1.35. The lowest BCUT2D eigenvalue weighted by atomic mass is 9.76. The molecule has 168 valence electrons. The summed E-state index contributed by atoms with van der Waals surface area (Å²) in [7, 11) is 0. The first-order valence-electron chi connectivity index (χ1n) is 12.2. The van der Waals surface area contributed by atoms with E-state index in [1.165, 1.54) is 16.7 Å². The molecule has 0 aromatic heterocycles. The second-order valence-corrected chi connectivity index (χ2v) is 9.52. The van der Waals surface area contributed by atoms with Crippen LogP contribution in [-0.4, -0.2) is 0 Å². The van der Waals surface area contributed by atoms with E-state index in [2.05, 4.69) is 61.5 Å². The van der Waals surface area contributed by atoms with Crippen LogP contribution in [0.5, 0.6) is 0 Å². The van der Waals surface area contributed by atoms with E-state index in [0.29, 0.717) is 18.3 Å². The highest BCUT2D eigenvalue weighted by atomic mass is 19.1. The molecule has 3 aromatic rings. The summed E-state index contributed by atoms with van der Waals surface area (Å²) in [6.07, 6.45) is 6.39. The van der Waals surface area contributed by atoms with Gasteiger partial charge in [-0.2, -0.15) is 0 Å². The average molecular weight is 433 g/mol. The first-order valence-corrected chi connectivity index (χ1v) is 12.2. The van der Waals surface area contributed by atoms with Crippen molar-refractivity contribution in [2.75, 3.05) is 0 Å². The average Bonchev–Trinajstić information content (AvgIpc) is 2.82. The van der Waals surface area contributed by atoms with Gasteiger partial charge in [-0.05, 0) is 90.7 Å². The molecule has 1 atom stereocenters. The number of hydrogen-bond donors (Lipinski definition) is 0. The molecule has 2 heteroatoms. The lowest BCUT2D eigenvalue weighted by Gasteiger charge is -2.29. The number of rotatable bonds is 7. The van der Waals surface area contributed by atoms with Crippen molar-refractivity contribution < 1.29 is 8.78 Å². The van der Waals surface area contributed by atoms with Crippen LogP contribution in [0.25, 0.3) is 0 Å². The van der Waals surface area contributed by atoms with Crippen LogP contribution in [0.3, 0.4) is 0 Å². The maximum Gasteiger partial charge on any atom is 0.129 e. The van der Waals surface area contributed by atoms with Gasteiger partial charge in [0, 0.05) is 5.56 Å². The van der Waals surface area contributed by atoms with Crippen LogP contribution in [0, 0.1) is 11.6 Å². The quantitative estimate of drug-likeness (QED) is 0.350. The topological polar surface area (TPSA) is 0 Å². The third-order valence-corrected chi connectivity index (χ3v) is 7.22. The largest absolute Gasteiger partial charge is 0.207 e. The van der Waals surface area contributed by atoms with Crippen molar-refractivity contribution in [3.63, 3.8) is 0 Å². The normalized spacial score (nSPS) is 19.6. The third kappa shape index (κ3) is 5.28. The zero-order chi connectivity index (χ0) is 22.5. The zero-order valence-electron chi connectivity index (χ0n) is 19.3. The highest BCUT2D eigenvalue weighted by Crippen LogP contribution is 2.41. The maximum absolute atomic E-state index is 14.4.